The van der Waals surface area contributed by atoms with E-state index >= 15 is 0 Å². The van der Waals surface area contributed by atoms with Crippen LogP contribution in [0.4, 0.5) is 0 Å². The minimum Gasteiger partial charge on any atom is -0.339 e. The number of H-pyrrole nitrogens is 1. The summed E-state index contributed by atoms with van der Waals surface area (Å²) in [6.45, 7) is 1.83. The average Bonchev–Trinajstić information content (AvgIpc) is 2.71. The number of aryl methyl sites for hydroxylation is 1. The van der Waals surface area contributed by atoms with Crippen LogP contribution in [-0.4, -0.2) is 16.3 Å². The Morgan fingerprint density at radius 3 is 2.93 bits per heavy atom. The van der Waals surface area contributed by atoms with Gasteiger partial charge in [-0.25, -0.2) is 4.98 Å². The molecule has 3 nitrogen and oxygen atoms in total. The van der Waals surface area contributed by atoms with Gasteiger partial charge >= 0.3 is 0 Å². The summed E-state index contributed by atoms with van der Waals surface area (Å²) in [5.41, 5.74) is 1.27. The number of aromatic amines is 1. The molecule has 5 heteroatoms. The van der Waals surface area contributed by atoms with Crippen LogP contribution in [0.1, 0.15) is 16.3 Å². The molecule has 0 atom stereocenters. The molecule has 0 radical (unpaired) electrons. The fraction of sp³-hybridized carbons (Fsp3) is 0.111. The van der Waals surface area contributed by atoms with Crippen molar-refractivity contribution in [2.45, 2.75) is 6.92 Å². The quantitative estimate of drug-likeness (QED) is 0.853. The maximum atomic E-state index is 10.7. The first-order chi connectivity index (χ1) is 6.70. The highest BCUT2D eigenvalue weighted by molar-refractivity contribution is 9.11. The third-order valence-electron chi connectivity index (χ3n) is 1.77. The molecule has 1 N–H and O–H groups in total. The Morgan fingerprint density at radius 1 is 1.57 bits per heavy atom. The zero-order chi connectivity index (χ0) is 10.1. The van der Waals surface area contributed by atoms with E-state index in [0.717, 1.165) is 26.5 Å². The van der Waals surface area contributed by atoms with Gasteiger partial charge in [0.15, 0.2) is 6.29 Å². The van der Waals surface area contributed by atoms with Crippen molar-refractivity contribution in [1.29, 1.82) is 0 Å². The van der Waals surface area contributed by atoms with E-state index in [-0.39, 0.29) is 0 Å². The van der Waals surface area contributed by atoms with Crippen LogP contribution in [0, 0.1) is 6.92 Å². The number of thiophene rings is 1. The van der Waals surface area contributed by atoms with Crippen LogP contribution in [0.5, 0.6) is 0 Å². The van der Waals surface area contributed by atoms with Crippen molar-refractivity contribution in [1.82, 2.24) is 9.97 Å². The molecule has 0 unspecified atom stereocenters. The number of nitrogens with zero attached hydrogens (tertiary/aromatic N) is 1. The summed E-state index contributed by atoms with van der Waals surface area (Å²) in [6.07, 6.45) is 0.795. The number of carbonyl (C=O) groups excluding carboxylic acids is 1. The number of hydrogen-bond donors (Lipinski definition) is 1. The van der Waals surface area contributed by atoms with Gasteiger partial charge in [0.2, 0.25) is 0 Å². The zero-order valence-corrected chi connectivity index (χ0v) is 9.78. The number of aromatic nitrogens is 2. The van der Waals surface area contributed by atoms with Crippen LogP contribution in [0.15, 0.2) is 15.9 Å². The summed E-state index contributed by atoms with van der Waals surface area (Å²) in [5, 5.41) is 0. The van der Waals surface area contributed by atoms with E-state index in [1.165, 1.54) is 0 Å². The summed E-state index contributed by atoms with van der Waals surface area (Å²) in [5.74, 6) is 0.756. The van der Waals surface area contributed by atoms with E-state index in [4.69, 9.17) is 0 Å². The van der Waals surface area contributed by atoms with E-state index in [9.17, 15) is 4.79 Å². The van der Waals surface area contributed by atoms with Crippen molar-refractivity contribution in [3.8, 4) is 10.6 Å². The highest BCUT2D eigenvalue weighted by atomic mass is 79.9. The van der Waals surface area contributed by atoms with E-state index in [0.29, 0.717) is 5.69 Å². The number of imidazole rings is 1. The molecule has 0 fully saturated rings. The van der Waals surface area contributed by atoms with Gasteiger partial charge in [-0.1, -0.05) is 0 Å². The molecule has 0 saturated carbocycles. The van der Waals surface area contributed by atoms with Crippen molar-refractivity contribution in [2.24, 2.45) is 0 Å². The fourth-order valence-corrected chi connectivity index (χ4v) is 2.61. The smallest absolute Gasteiger partial charge is 0.168 e. The molecule has 2 aromatic heterocycles. The number of hydrogen-bond acceptors (Lipinski definition) is 3. The maximum absolute atomic E-state index is 10.7. The van der Waals surface area contributed by atoms with Gasteiger partial charge < -0.3 is 4.98 Å². The van der Waals surface area contributed by atoms with Crippen molar-refractivity contribution in [3.63, 3.8) is 0 Å². The summed E-state index contributed by atoms with van der Waals surface area (Å²) in [7, 11) is 0. The zero-order valence-electron chi connectivity index (χ0n) is 7.37. The van der Waals surface area contributed by atoms with Gasteiger partial charge in [-0.2, -0.15) is 0 Å². The Hall–Kier alpha value is -0.940. The first-order valence-corrected chi connectivity index (χ1v) is 5.59. The normalized spacial score (nSPS) is 10.4. The number of nitrogens with one attached hydrogen (secondary N) is 1. The van der Waals surface area contributed by atoms with Crippen molar-refractivity contribution in [2.75, 3.05) is 0 Å². The van der Waals surface area contributed by atoms with Gasteiger partial charge in [-0.3, -0.25) is 4.79 Å². The predicted molar refractivity (Wildman–Crippen MR) is 59.7 cm³/mol. The molecular weight excluding hydrogens is 264 g/mol. The first kappa shape index (κ1) is 9.61. The molecule has 0 bridgehead atoms. The van der Waals surface area contributed by atoms with Crippen molar-refractivity contribution < 1.29 is 4.79 Å². The third-order valence-corrected chi connectivity index (χ3v) is 3.41. The molecule has 0 amide bonds. The topological polar surface area (TPSA) is 45.8 Å². The molecule has 0 saturated heterocycles. The fourth-order valence-electron chi connectivity index (χ4n) is 1.22. The molecule has 0 aliphatic rings. The number of aldehydes is 1. The number of rotatable bonds is 2. The van der Waals surface area contributed by atoms with Gasteiger partial charge in [-0.05, 0) is 35.0 Å². The second-order valence-corrected chi connectivity index (χ2v) is 5.27. The van der Waals surface area contributed by atoms with E-state index < -0.39 is 0 Å². The van der Waals surface area contributed by atoms with Gasteiger partial charge in [0, 0.05) is 0 Å². The van der Waals surface area contributed by atoms with Crippen LogP contribution < -0.4 is 0 Å². The molecule has 2 rings (SSSR count). The van der Waals surface area contributed by atoms with Crippen molar-refractivity contribution >= 4 is 33.6 Å². The minimum atomic E-state index is 0.539. The minimum absolute atomic E-state index is 0.539. The van der Waals surface area contributed by atoms with Crippen LogP contribution in [0.2, 0.25) is 0 Å². The Balaban J connectivity index is 2.55. The van der Waals surface area contributed by atoms with Crippen LogP contribution in [0.3, 0.4) is 0 Å². The second kappa shape index (κ2) is 3.67. The third kappa shape index (κ3) is 1.65. The molecule has 0 spiro atoms. The lowest BCUT2D eigenvalue weighted by Gasteiger charge is -1.89. The molecule has 0 aliphatic heterocycles. The lowest BCUT2D eigenvalue weighted by atomic mass is 10.3. The second-order valence-electron chi connectivity index (χ2n) is 2.81. The summed E-state index contributed by atoms with van der Waals surface area (Å²) in [6, 6.07) is 3.88. The highest BCUT2D eigenvalue weighted by Gasteiger charge is 2.11. The lowest BCUT2D eigenvalue weighted by Crippen LogP contribution is -1.82. The van der Waals surface area contributed by atoms with Crippen LogP contribution in [-0.2, 0) is 0 Å². The standard InChI is InChI=1S/C9H7BrN2OS/c1-5-11-6(4-13)9(12-5)7-2-3-8(10)14-7/h2-4H,1H3,(H,11,12). The number of halogens is 1. The number of carbonyl (C=O) groups is 1. The summed E-state index contributed by atoms with van der Waals surface area (Å²) < 4.78 is 1.03. The molecule has 14 heavy (non-hydrogen) atoms. The first-order valence-electron chi connectivity index (χ1n) is 3.98. The average molecular weight is 271 g/mol. The monoisotopic (exact) mass is 270 g/mol. The van der Waals surface area contributed by atoms with Crippen LogP contribution >= 0.6 is 27.3 Å². The molecule has 0 aromatic carbocycles. The van der Waals surface area contributed by atoms with Gasteiger partial charge in [0.1, 0.15) is 17.2 Å². The van der Waals surface area contributed by atoms with Gasteiger partial charge in [-0.15, -0.1) is 11.3 Å². The van der Waals surface area contributed by atoms with E-state index in [1.54, 1.807) is 11.3 Å². The Bertz CT molecular complexity index is 475. The Labute approximate surface area is 93.3 Å². The molecule has 2 heterocycles. The Morgan fingerprint density at radius 2 is 2.36 bits per heavy atom. The molecule has 0 aliphatic carbocycles. The summed E-state index contributed by atoms with van der Waals surface area (Å²) in [4.78, 5) is 18.9. The lowest BCUT2D eigenvalue weighted by molar-refractivity contribution is 0.112. The Kier molecular flexibility index (Phi) is 2.52. The molecule has 2 aromatic rings. The van der Waals surface area contributed by atoms with Crippen molar-refractivity contribution in [3.05, 3.63) is 27.4 Å². The highest BCUT2D eigenvalue weighted by Crippen LogP contribution is 2.31. The van der Waals surface area contributed by atoms with Gasteiger partial charge in [0.25, 0.3) is 0 Å². The molecule has 72 valence electrons. The van der Waals surface area contributed by atoms with Gasteiger partial charge in [0.05, 0.1) is 8.66 Å². The maximum Gasteiger partial charge on any atom is 0.168 e. The van der Waals surface area contributed by atoms with E-state index in [2.05, 4.69) is 25.9 Å². The van der Waals surface area contributed by atoms with E-state index in [1.807, 2.05) is 19.1 Å². The summed E-state index contributed by atoms with van der Waals surface area (Å²) >= 11 is 4.93. The largest absolute Gasteiger partial charge is 0.339 e. The molecular formula is C9H7BrN2OS. The SMILES string of the molecule is Cc1nc(-c2ccc(Br)s2)c(C=O)[nH]1. The predicted octanol–water partition coefficient (Wildman–Crippen LogP) is 3.02. The van der Waals surface area contributed by atoms with Crippen LogP contribution in [0.25, 0.3) is 10.6 Å².